The number of nitrogens with two attached hydrogens (primary N) is 1. The van der Waals surface area contributed by atoms with Crippen LogP contribution in [-0.2, 0) is 5.54 Å². The van der Waals surface area contributed by atoms with E-state index in [-0.39, 0.29) is 5.54 Å². The molecule has 1 rings (SSSR count). The molecule has 0 amide bonds. The van der Waals surface area contributed by atoms with E-state index in [9.17, 15) is 0 Å². The Labute approximate surface area is 117 Å². The first-order valence-electron chi connectivity index (χ1n) is 7.05. The molecule has 0 aromatic heterocycles. The lowest BCUT2D eigenvalue weighted by molar-refractivity contribution is 0.315. The average Bonchev–Trinajstić information content (AvgIpc) is 2.34. The van der Waals surface area contributed by atoms with Gasteiger partial charge in [0.2, 0.25) is 0 Å². The van der Waals surface area contributed by atoms with E-state index >= 15 is 0 Å². The van der Waals surface area contributed by atoms with Gasteiger partial charge in [-0.05, 0) is 30.9 Å². The summed E-state index contributed by atoms with van der Waals surface area (Å²) in [6.45, 7) is 6.59. The van der Waals surface area contributed by atoms with Crippen LogP contribution < -0.4 is 5.73 Å². The van der Waals surface area contributed by atoms with Crippen molar-refractivity contribution in [2.75, 3.05) is 0 Å². The van der Waals surface area contributed by atoms with Crippen LogP contribution in [0.15, 0.2) is 24.3 Å². The Morgan fingerprint density at radius 1 is 1.28 bits per heavy atom. The van der Waals surface area contributed by atoms with Crippen LogP contribution in [-0.4, -0.2) is 0 Å². The summed E-state index contributed by atoms with van der Waals surface area (Å²) in [4.78, 5) is 0. The summed E-state index contributed by atoms with van der Waals surface area (Å²) in [5.74, 6) is 0.691. The molecule has 0 saturated heterocycles. The molecular weight excluding hydrogens is 242 g/mol. The standard InChI is InChI=1S/C16H26ClN/c1-4-6-9-13(5-2)12-16(3,18)14-10-7-8-11-15(14)17/h7-8,10-11,13H,4-6,9,12,18H2,1-3H3. The molecule has 0 fully saturated rings. The smallest absolute Gasteiger partial charge is 0.0456 e. The van der Waals surface area contributed by atoms with Crippen LogP contribution in [0, 0.1) is 5.92 Å². The molecule has 18 heavy (non-hydrogen) atoms. The average molecular weight is 268 g/mol. The third-order valence-corrected chi connectivity index (χ3v) is 4.07. The van der Waals surface area contributed by atoms with Crippen molar-refractivity contribution in [2.45, 2.75) is 58.4 Å². The Hall–Kier alpha value is -0.530. The van der Waals surface area contributed by atoms with Crippen molar-refractivity contribution < 1.29 is 0 Å². The molecular formula is C16H26ClN. The van der Waals surface area contributed by atoms with E-state index in [2.05, 4.69) is 26.8 Å². The van der Waals surface area contributed by atoms with Crippen molar-refractivity contribution in [3.63, 3.8) is 0 Å². The van der Waals surface area contributed by atoms with E-state index in [1.54, 1.807) is 0 Å². The van der Waals surface area contributed by atoms with Gasteiger partial charge in [0.15, 0.2) is 0 Å². The fourth-order valence-corrected chi connectivity index (χ4v) is 2.93. The molecule has 0 aliphatic carbocycles. The minimum Gasteiger partial charge on any atom is -0.322 e. The first kappa shape index (κ1) is 15.5. The molecule has 1 nitrogen and oxygen atoms in total. The van der Waals surface area contributed by atoms with Crippen LogP contribution in [0.3, 0.4) is 0 Å². The monoisotopic (exact) mass is 267 g/mol. The Kier molecular flexibility index (Phi) is 6.17. The summed E-state index contributed by atoms with van der Waals surface area (Å²) in [7, 11) is 0. The Morgan fingerprint density at radius 3 is 2.50 bits per heavy atom. The number of hydrogen-bond acceptors (Lipinski definition) is 1. The van der Waals surface area contributed by atoms with Crippen LogP contribution >= 0.6 is 11.6 Å². The molecule has 2 N–H and O–H groups in total. The second-order valence-corrected chi connectivity index (χ2v) is 5.93. The Bertz CT molecular complexity index is 360. The largest absolute Gasteiger partial charge is 0.322 e. The van der Waals surface area contributed by atoms with Gasteiger partial charge in [0.05, 0.1) is 0 Å². The van der Waals surface area contributed by atoms with Gasteiger partial charge in [-0.15, -0.1) is 0 Å². The summed E-state index contributed by atoms with van der Waals surface area (Å²) in [6, 6.07) is 7.94. The minimum atomic E-state index is -0.327. The molecule has 0 saturated carbocycles. The van der Waals surface area contributed by atoms with E-state index in [0.29, 0.717) is 5.92 Å². The second-order valence-electron chi connectivity index (χ2n) is 5.52. The maximum atomic E-state index is 6.50. The van der Waals surface area contributed by atoms with Gasteiger partial charge in [-0.1, -0.05) is 69.3 Å². The summed E-state index contributed by atoms with van der Waals surface area (Å²) in [6.07, 6.45) is 6.01. The van der Waals surface area contributed by atoms with Crippen LogP contribution in [0.5, 0.6) is 0 Å². The number of hydrogen-bond donors (Lipinski definition) is 1. The molecule has 1 aromatic rings. The summed E-state index contributed by atoms with van der Waals surface area (Å²) in [5.41, 5.74) is 7.25. The Morgan fingerprint density at radius 2 is 1.94 bits per heavy atom. The highest BCUT2D eigenvalue weighted by Crippen LogP contribution is 2.33. The molecule has 0 aliphatic rings. The molecule has 2 unspecified atom stereocenters. The van der Waals surface area contributed by atoms with E-state index < -0.39 is 0 Å². The molecule has 0 radical (unpaired) electrons. The van der Waals surface area contributed by atoms with E-state index in [1.807, 2.05) is 18.2 Å². The normalized spacial score (nSPS) is 16.3. The van der Waals surface area contributed by atoms with Crippen molar-refractivity contribution in [3.8, 4) is 0 Å². The molecule has 0 aliphatic heterocycles. The van der Waals surface area contributed by atoms with Gasteiger partial charge >= 0.3 is 0 Å². The SMILES string of the molecule is CCCCC(CC)CC(C)(N)c1ccccc1Cl. The molecule has 0 bridgehead atoms. The maximum absolute atomic E-state index is 6.50. The highest BCUT2D eigenvalue weighted by molar-refractivity contribution is 6.31. The highest BCUT2D eigenvalue weighted by atomic mass is 35.5. The minimum absolute atomic E-state index is 0.327. The van der Waals surface area contributed by atoms with Crippen LogP contribution in [0.4, 0.5) is 0 Å². The van der Waals surface area contributed by atoms with Gasteiger partial charge in [0, 0.05) is 10.6 Å². The first-order chi connectivity index (χ1) is 8.51. The highest BCUT2D eigenvalue weighted by Gasteiger charge is 2.26. The van der Waals surface area contributed by atoms with Gasteiger partial charge in [0.1, 0.15) is 0 Å². The third kappa shape index (κ3) is 4.29. The molecule has 2 atom stereocenters. The first-order valence-corrected chi connectivity index (χ1v) is 7.43. The predicted octanol–water partition coefficient (Wildman–Crippen LogP) is 5.12. The number of rotatable bonds is 7. The van der Waals surface area contributed by atoms with Gasteiger partial charge in [-0.25, -0.2) is 0 Å². The van der Waals surface area contributed by atoms with E-state index in [0.717, 1.165) is 17.0 Å². The van der Waals surface area contributed by atoms with E-state index in [1.165, 1.54) is 25.7 Å². The number of benzene rings is 1. The number of halogens is 1. The van der Waals surface area contributed by atoms with E-state index in [4.69, 9.17) is 17.3 Å². The second kappa shape index (κ2) is 7.16. The van der Waals surface area contributed by atoms with Crippen molar-refractivity contribution in [1.82, 2.24) is 0 Å². The molecule has 102 valence electrons. The van der Waals surface area contributed by atoms with Crippen LogP contribution in [0.2, 0.25) is 5.02 Å². The lowest BCUT2D eigenvalue weighted by Gasteiger charge is -2.30. The quantitative estimate of drug-likeness (QED) is 0.729. The molecule has 2 heteroatoms. The fourth-order valence-electron chi connectivity index (χ4n) is 2.58. The van der Waals surface area contributed by atoms with Gasteiger partial charge in [-0.2, -0.15) is 0 Å². The van der Waals surface area contributed by atoms with Crippen molar-refractivity contribution in [2.24, 2.45) is 11.7 Å². The maximum Gasteiger partial charge on any atom is 0.0456 e. The van der Waals surface area contributed by atoms with Gasteiger partial charge < -0.3 is 5.73 Å². The van der Waals surface area contributed by atoms with Gasteiger partial charge in [0.25, 0.3) is 0 Å². The predicted molar refractivity (Wildman–Crippen MR) is 80.9 cm³/mol. The van der Waals surface area contributed by atoms with Crippen molar-refractivity contribution in [3.05, 3.63) is 34.9 Å². The summed E-state index contributed by atoms with van der Waals surface area (Å²) in [5, 5.41) is 0.785. The third-order valence-electron chi connectivity index (χ3n) is 3.75. The zero-order valence-corrected chi connectivity index (χ0v) is 12.6. The van der Waals surface area contributed by atoms with Crippen molar-refractivity contribution in [1.29, 1.82) is 0 Å². The molecule has 1 aromatic carbocycles. The molecule has 0 spiro atoms. The van der Waals surface area contributed by atoms with Crippen molar-refractivity contribution >= 4 is 11.6 Å². The zero-order chi connectivity index (χ0) is 13.6. The summed E-state index contributed by atoms with van der Waals surface area (Å²) >= 11 is 6.26. The summed E-state index contributed by atoms with van der Waals surface area (Å²) < 4.78 is 0. The van der Waals surface area contributed by atoms with Gasteiger partial charge in [-0.3, -0.25) is 0 Å². The number of unbranched alkanes of at least 4 members (excludes halogenated alkanes) is 1. The lowest BCUT2D eigenvalue weighted by Crippen LogP contribution is -2.35. The zero-order valence-electron chi connectivity index (χ0n) is 11.9. The fraction of sp³-hybridized carbons (Fsp3) is 0.625. The van der Waals surface area contributed by atoms with Crippen LogP contribution in [0.25, 0.3) is 0 Å². The molecule has 0 heterocycles. The van der Waals surface area contributed by atoms with Crippen LogP contribution in [0.1, 0.15) is 58.4 Å². The topological polar surface area (TPSA) is 26.0 Å². The Balaban J connectivity index is 2.76. The lowest BCUT2D eigenvalue weighted by atomic mass is 9.81.